The van der Waals surface area contributed by atoms with Crippen molar-refractivity contribution < 1.29 is 14.0 Å². The first kappa shape index (κ1) is 15.5. The summed E-state index contributed by atoms with van der Waals surface area (Å²) in [6, 6.07) is 12.1. The molecule has 6 heteroatoms. The first-order valence-electron chi connectivity index (χ1n) is 6.74. The first-order chi connectivity index (χ1) is 10.5. The Labute approximate surface area is 127 Å². The van der Waals surface area contributed by atoms with Crippen LogP contribution in [-0.4, -0.2) is 11.9 Å². The molecule has 0 saturated carbocycles. The molecule has 3 amide bonds. The molecule has 0 aliphatic heterocycles. The van der Waals surface area contributed by atoms with Gasteiger partial charge >= 0.3 is 6.03 Å². The van der Waals surface area contributed by atoms with Gasteiger partial charge in [0.05, 0.1) is 0 Å². The van der Waals surface area contributed by atoms with E-state index in [1.165, 1.54) is 12.1 Å². The molecule has 2 aromatic rings. The van der Waals surface area contributed by atoms with Crippen molar-refractivity contribution in [3.05, 3.63) is 59.9 Å². The van der Waals surface area contributed by atoms with Crippen LogP contribution in [-0.2, 0) is 11.2 Å². The van der Waals surface area contributed by atoms with Crippen LogP contribution in [0, 0.1) is 5.82 Å². The molecule has 0 aromatic heterocycles. The Morgan fingerprint density at radius 1 is 1.00 bits per heavy atom. The summed E-state index contributed by atoms with van der Waals surface area (Å²) in [6.07, 6.45) is 0.796. The van der Waals surface area contributed by atoms with Crippen molar-refractivity contribution in [2.24, 2.45) is 5.73 Å². The van der Waals surface area contributed by atoms with Gasteiger partial charge in [-0.1, -0.05) is 18.2 Å². The van der Waals surface area contributed by atoms with Crippen molar-refractivity contribution in [3.8, 4) is 0 Å². The average Bonchev–Trinajstić information content (AvgIpc) is 2.46. The minimum atomic E-state index is -0.667. The van der Waals surface area contributed by atoms with Crippen LogP contribution in [0.15, 0.2) is 48.5 Å². The molecule has 0 fully saturated rings. The van der Waals surface area contributed by atoms with Crippen LogP contribution in [0.2, 0.25) is 0 Å². The van der Waals surface area contributed by atoms with Gasteiger partial charge in [-0.05, 0) is 42.3 Å². The summed E-state index contributed by atoms with van der Waals surface area (Å²) in [6.45, 7) is 0. The number of nitrogens with two attached hydrogens (primary N) is 1. The number of aryl methyl sites for hydroxylation is 1. The van der Waals surface area contributed by atoms with E-state index in [9.17, 15) is 14.0 Å². The highest BCUT2D eigenvalue weighted by atomic mass is 19.1. The smallest absolute Gasteiger partial charge is 0.316 e. The van der Waals surface area contributed by atoms with Crippen LogP contribution in [0.25, 0.3) is 0 Å². The quantitative estimate of drug-likeness (QED) is 0.793. The van der Waals surface area contributed by atoms with Gasteiger partial charge < -0.3 is 16.4 Å². The van der Waals surface area contributed by atoms with E-state index in [0.29, 0.717) is 17.8 Å². The van der Waals surface area contributed by atoms with E-state index in [2.05, 4.69) is 10.6 Å². The molecule has 0 aliphatic carbocycles. The number of primary amides is 1. The van der Waals surface area contributed by atoms with Crippen LogP contribution in [0.1, 0.15) is 12.0 Å². The zero-order valence-electron chi connectivity index (χ0n) is 11.8. The summed E-state index contributed by atoms with van der Waals surface area (Å²) >= 11 is 0. The van der Waals surface area contributed by atoms with Gasteiger partial charge in [-0.3, -0.25) is 4.79 Å². The third-order valence-electron chi connectivity index (χ3n) is 2.97. The summed E-state index contributed by atoms with van der Waals surface area (Å²) in [5.41, 5.74) is 6.99. The van der Waals surface area contributed by atoms with Crippen LogP contribution in [0.5, 0.6) is 0 Å². The van der Waals surface area contributed by atoms with E-state index in [-0.39, 0.29) is 18.1 Å². The summed E-state index contributed by atoms with van der Waals surface area (Å²) < 4.78 is 12.8. The molecule has 0 atom stereocenters. The molecule has 0 unspecified atom stereocenters. The van der Waals surface area contributed by atoms with Crippen LogP contribution in [0.4, 0.5) is 20.6 Å². The lowest BCUT2D eigenvalue weighted by Crippen LogP contribution is -2.19. The van der Waals surface area contributed by atoms with E-state index in [0.717, 1.165) is 5.56 Å². The maximum Gasteiger partial charge on any atom is 0.316 e. The average molecular weight is 301 g/mol. The summed E-state index contributed by atoms with van der Waals surface area (Å²) in [5.74, 6) is -0.465. The van der Waals surface area contributed by atoms with Crippen molar-refractivity contribution in [3.63, 3.8) is 0 Å². The summed E-state index contributed by atoms with van der Waals surface area (Å²) in [5, 5.41) is 5.17. The summed E-state index contributed by atoms with van der Waals surface area (Å²) in [7, 11) is 0. The van der Waals surface area contributed by atoms with Gasteiger partial charge in [0.1, 0.15) is 5.82 Å². The van der Waals surface area contributed by atoms with Crippen LogP contribution < -0.4 is 16.4 Å². The lowest BCUT2D eigenvalue weighted by Gasteiger charge is -2.08. The molecule has 0 heterocycles. The first-order valence-corrected chi connectivity index (χ1v) is 6.74. The Morgan fingerprint density at radius 3 is 2.27 bits per heavy atom. The molecule has 0 bridgehead atoms. The predicted molar refractivity (Wildman–Crippen MR) is 83.0 cm³/mol. The third kappa shape index (κ3) is 4.90. The second-order valence-electron chi connectivity index (χ2n) is 4.74. The number of rotatable bonds is 5. The molecular formula is C16H16FN3O2. The Hall–Kier alpha value is -2.89. The van der Waals surface area contributed by atoms with Gasteiger partial charge in [-0.15, -0.1) is 0 Å². The number of carbonyl (C=O) groups excluding carboxylic acids is 2. The highest BCUT2D eigenvalue weighted by Crippen LogP contribution is 2.15. The fourth-order valence-corrected chi connectivity index (χ4v) is 1.95. The second-order valence-corrected chi connectivity index (χ2v) is 4.74. The Bertz CT molecular complexity index is 671. The molecule has 2 aromatic carbocycles. The molecular weight excluding hydrogens is 285 g/mol. The zero-order chi connectivity index (χ0) is 15.9. The minimum absolute atomic E-state index is 0.166. The topological polar surface area (TPSA) is 84.2 Å². The van der Waals surface area contributed by atoms with E-state index in [1.807, 2.05) is 0 Å². The number of benzene rings is 2. The molecule has 0 spiro atoms. The van der Waals surface area contributed by atoms with Crippen LogP contribution >= 0.6 is 0 Å². The van der Waals surface area contributed by atoms with Crippen molar-refractivity contribution in [2.45, 2.75) is 12.8 Å². The summed E-state index contributed by atoms with van der Waals surface area (Å²) in [4.78, 5) is 22.7. The molecule has 0 aliphatic rings. The van der Waals surface area contributed by atoms with Gasteiger partial charge in [0, 0.05) is 17.8 Å². The number of hydrogen-bond acceptors (Lipinski definition) is 2. The Kier molecular flexibility index (Phi) is 5.08. The van der Waals surface area contributed by atoms with Crippen molar-refractivity contribution in [1.82, 2.24) is 0 Å². The Balaban J connectivity index is 1.89. The zero-order valence-corrected chi connectivity index (χ0v) is 11.8. The number of nitrogens with one attached hydrogen (secondary N) is 2. The Morgan fingerprint density at radius 2 is 1.64 bits per heavy atom. The fraction of sp³-hybridized carbons (Fsp3) is 0.125. The largest absolute Gasteiger partial charge is 0.351 e. The maximum absolute atomic E-state index is 12.8. The van der Waals surface area contributed by atoms with Gasteiger partial charge in [0.15, 0.2) is 0 Å². The molecule has 22 heavy (non-hydrogen) atoms. The number of hydrogen-bond donors (Lipinski definition) is 3. The monoisotopic (exact) mass is 301 g/mol. The molecule has 0 saturated heterocycles. The highest BCUT2D eigenvalue weighted by Gasteiger charge is 2.05. The van der Waals surface area contributed by atoms with Gasteiger partial charge in [0.25, 0.3) is 0 Å². The van der Waals surface area contributed by atoms with Gasteiger partial charge in [-0.25, -0.2) is 9.18 Å². The van der Waals surface area contributed by atoms with Crippen molar-refractivity contribution in [1.29, 1.82) is 0 Å². The van der Waals surface area contributed by atoms with Crippen molar-refractivity contribution >= 4 is 23.3 Å². The van der Waals surface area contributed by atoms with Crippen LogP contribution in [0.3, 0.4) is 0 Å². The number of urea groups is 1. The molecule has 0 radical (unpaired) electrons. The molecule has 4 N–H and O–H groups in total. The van der Waals surface area contributed by atoms with E-state index in [4.69, 9.17) is 5.73 Å². The van der Waals surface area contributed by atoms with E-state index >= 15 is 0 Å². The standard InChI is InChI=1S/C16H16FN3O2/c17-12-7-4-11(5-8-12)6-9-15(21)19-13-2-1-3-14(10-13)20-16(18)22/h1-5,7-8,10H,6,9H2,(H,19,21)(H3,18,20,22). The fourth-order valence-electron chi connectivity index (χ4n) is 1.95. The highest BCUT2D eigenvalue weighted by molar-refractivity contribution is 5.93. The number of anilines is 2. The molecule has 5 nitrogen and oxygen atoms in total. The maximum atomic E-state index is 12.8. The van der Waals surface area contributed by atoms with E-state index in [1.54, 1.807) is 36.4 Å². The number of halogens is 1. The third-order valence-corrected chi connectivity index (χ3v) is 2.97. The SMILES string of the molecule is NC(=O)Nc1cccc(NC(=O)CCc2ccc(F)cc2)c1. The molecule has 2 rings (SSSR count). The predicted octanol–water partition coefficient (Wildman–Crippen LogP) is 2.89. The minimum Gasteiger partial charge on any atom is -0.351 e. The lowest BCUT2D eigenvalue weighted by molar-refractivity contribution is -0.116. The van der Waals surface area contributed by atoms with Crippen molar-refractivity contribution in [2.75, 3.05) is 10.6 Å². The lowest BCUT2D eigenvalue weighted by atomic mass is 10.1. The van der Waals surface area contributed by atoms with E-state index < -0.39 is 6.03 Å². The molecule has 114 valence electrons. The number of carbonyl (C=O) groups is 2. The van der Waals surface area contributed by atoms with Gasteiger partial charge in [-0.2, -0.15) is 0 Å². The normalized spacial score (nSPS) is 10.0. The van der Waals surface area contributed by atoms with Gasteiger partial charge in [0.2, 0.25) is 5.91 Å². The second kappa shape index (κ2) is 7.21. The number of amides is 3.